The smallest absolute Gasteiger partial charge is 0.337 e. The van der Waals surface area contributed by atoms with Gasteiger partial charge in [0.15, 0.2) is 0 Å². The van der Waals surface area contributed by atoms with Crippen LogP contribution in [-0.2, 0) is 10.0 Å². The number of benzene rings is 3. The van der Waals surface area contributed by atoms with Gasteiger partial charge in [0, 0.05) is 31.9 Å². The van der Waals surface area contributed by atoms with E-state index in [0.717, 1.165) is 35.8 Å². The zero-order valence-corrected chi connectivity index (χ0v) is 20.6. The first-order chi connectivity index (χ1) is 16.8. The van der Waals surface area contributed by atoms with E-state index in [4.69, 9.17) is 4.74 Å². The number of anilines is 3. The van der Waals surface area contributed by atoms with Gasteiger partial charge in [0.05, 0.1) is 28.4 Å². The van der Waals surface area contributed by atoms with Crippen molar-refractivity contribution in [2.24, 2.45) is 0 Å². The Balaban J connectivity index is 1.51. The van der Waals surface area contributed by atoms with Gasteiger partial charge in [0.25, 0.3) is 10.0 Å². The standard InChI is InChI=1S/C26H29N3O5S/c1-3-34-25-7-5-4-6-24(25)29-16-14-28(15-17-29)20-10-13-23(22(18-20)26(30)31)27-35(32,33)21-11-8-19(2)9-12-21/h4-13,18,27H,3,14-17H2,1-2H3,(H,30,31). The van der Waals surface area contributed by atoms with E-state index in [0.29, 0.717) is 19.7 Å². The van der Waals surface area contributed by atoms with Crippen molar-refractivity contribution >= 4 is 33.1 Å². The van der Waals surface area contributed by atoms with Crippen molar-refractivity contribution in [2.45, 2.75) is 18.7 Å². The predicted molar refractivity (Wildman–Crippen MR) is 137 cm³/mol. The lowest BCUT2D eigenvalue weighted by atomic mass is 10.1. The number of nitrogens with zero attached hydrogens (tertiary/aromatic N) is 2. The second kappa shape index (κ2) is 10.3. The van der Waals surface area contributed by atoms with E-state index in [1.165, 1.54) is 24.3 Å². The molecule has 9 heteroatoms. The molecular weight excluding hydrogens is 466 g/mol. The molecule has 3 aromatic rings. The number of carboxylic acid groups (broad SMARTS) is 1. The average molecular weight is 496 g/mol. The highest BCUT2D eigenvalue weighted by atomic mass is 32.2. The molecule has 184 valence electrons. The topological polar surface area (TPSA) is 99.2 Å². The van der Waals surface area contributed by atoms with E-state index in [1.807, 2.05) is 38.1 Å². The van der Waals surface area contributed by atoms with E-state index >= 15 is 0 Å². The van der Waals surface area contributed by atoms with Crippen molar-refractivity contribution in [3.8, 4) is 5.75 Å². The monoisotopic (exact) mass is 495 g/mol. The van der Waals surface area contributed by atoms with Crippen LogP contribution in [0.15, 0.2) is 71.6 Å². The molecule has 1 saturated heterocycles. The fourth-order valence-electron chi connectivity index (χ4n) is 4.12. The van der Waals surface area contributed by atoms with Gasteiger partial charge in [0.2, 0.25) is 0 Å². The SMILES string of the molecule is CCOc1ccccc1N1CCN(c2ccc(NS(=O)(=O)c3ccc(C)cc3)c(C(=O)O)c2)CC1. The summed E-state index contributed by atoms with van der Waals surface area (Å²) in [5, 5.41) is 9.79. The molecule has 0 radical (unpaired) electrons. The Morgan fingerprint density at radius 3 is 2.29 bits per heavy atom. The molecule has 1 aliphatic heterocycles. The van der Waals surface area contributed by atoms with Crippen LogP contribution in [0.1, 0.15) is 22.8 Å². The van der Waals surface area contributed by atoms with Crippen LogP contribution in [0.5, 0.6) is 5.75 Å². The highest BCUT2D eigenvalue weighted by molar-refractivity contribution is 7.92. The summed E-state index contributed by atoms with van der Waals surface area (Å²) in [6, 6.07) is 19.1. The van der Waals surface area contributed by atoms with E-state index in [9.17, 15) is 18.3 Å². The van der Waals surface area contributed by atoms with Crippen molar-refractivity contribution in [3.05, 3.63) is 77.9 Å². The normalized spacial score (nSPS) is 14.0. The van der Waals surface area contributed by atoms with Crippen LogP contribution >= 0.6 is 0 Å². The maximum absolute atomic E-state index is 12.8. The highest BCUT2D eigenvalue weighted by Gasteiger charge is 2.23. The van der Waals surface area contributed by atoms with Crippen molar-refractivity contribution in [1.29, 1.82) is 0 Å². The molecule has 35 heavy (non-hydrogen) atoms. The molecule has 0 aliphatic carbocycles. The Labute approximate surface area is 205 Å². The first-order valence-electron chi connectivity index (χ1n) is 11.5. The van der Waals surface area contributed by atoms with Crippen LogP contribution in [0.25, 0.3) is 0 Å². The third kappa shape index (κ3) is 5.51. The number of hydrogen-bond acceptors (Lipinski definition) is 6. The summed E-state index contributed by atoms with van der Waals surface area (Å²) in [7, 11) is -3.92. The molecule has 0 aromatic heterocycles. The fraction of sp³-hybridized carbons (Fsp3) is 0.269. The fourth-order valence-corrected chi connectivity index (χ4v) is 5.20. The number of sulfonamides is 1. The molecule has 4 rings (SSSR count). The molecule has 1 heterocycles. The van der Waals surface area contributed by atoms with Crippen LogP contribution in [0, 0.1) is 6.92 Å². The van der Waals surface area contributed by atoms with Gasteiger partial charge in [0.1, 0.15) is 5.75 Å². The third-order valence-electron chi connectivity index (χ3n) is 5.96. The van der Waals surface area contributed by atoms with Crippen LogP contribution in [0.4, 0.5) is 17.1 Å². The molecule has 0 unspecified atom stereocenters. The summed E-state index contributed by atoms with van der Waals surface area (Å²) in [6.07, 6.45) is 0. The van der Waals surface area contributed by atoms with E-state index in [1.54, 1.807) is 18.2 Å². The van der Waals surface area contributed by atoms with Crippen molar-refractivity contribution in [2.75, 3.05) is 47.3 Å². The first kappa shape index (κ1) is 24.4. The summed E-state index contributed by atoms with van der Waals surface area (Å²) in [6.45, 7) is 7.28. The zero-order chi connectivity index (χ0) is 25.0. The van der Waals surface area contributed by atoms with Crippen LogP contribution in [0.2, 0.25) is 0 Å². The lowest BCUT2D eigenvalue weighted by Crippen LogP contribution is -2.46. The maximum Gasteiger partial charge on any atom is 0.337 e. The Morgan fingerprint density at radius 1 is 0.971 bits per heavy atom. The number of hydrogen-bond donors (Lipinski definition) is 2. The van der Waals surface area contributed by atoms with Gasteiger partial charge < -0.3 is 19.6 Å². The molecule has 0 atom stereocenters. The number of aromatic carboxylic acids is 1. The number of rotatable bonds is 8. The molecule has 1 fully saturated rings. The van der Waals surface area contributed by atoms with Gasteiger partial charge in [-0.2, -0.15) is 0 Å². The minimum atomic E-state index is -3.92. The van der Waals surface area contributed by atoms with Gasteiger partial charge in [-0.05, 0) is 56.3 Å². The van der Waals surface area contributed by atoms with Gasteiger partial charge in [-0.25, -0.2) is 13.2 Å². The largest absolute Gasteiger partial charge is 0.492 e. The molecule has 1 aliphatic rings. The van der Waals surface area contributed by atoms with E-state index < -0.39 is 16.0 Å². The van der Waals surface area contributed by atoms with Crippen LogP contribution < -0.4 is 19.3 Å². The van der Waals surface area contributed by atoms with Crippen LogP contribution in [-0.4, -0.2) is 52.3 Å². The molecule has 3 aromatic carbocycles. The summed E-state index contributed by atoms with van der Waals surface area (Å²) in [5.41, 5.74) is 2.65. The second-order valence-electron chi connectivity index (χ2n) is 8.33. The summed E-state index contributed by atoms with van der Waals surface area (Å²) in [4.78, 5) is 16.4. The van der Waals surface area contributed by atoms with Crippen molar-refractivity contribution < 1.29 is 23.1 Å². The van der Waals surface area contributed by atoms with Gasteiger partial charge in [-0.3, -0.25) is 4.72 Å². The molecule has 0 spiro atoms. The minimum Gasteiger partial charge on any atom is -0.492 e. The maximum atomic E-state index is 12.8. The quantitative estimate of drug-likeness (QED) is 0.483. The lowest BCUT2D eigenvalue weighted by Gasteiger charge is -2.38. The number of nitrogens with one attached hydrogen (secondary N) is 1. The third-order valence-corrected chi connectivity index (χ3v) is 7.34. The Bertz CT molecular complexity index is 1300. The molecule has 0 saturated carbocycles. The first-order valence-corrected chi connectivity index (χ1v) is 13.0. The van der Waals surface area contributed by atoms with Gasteiger partial charge in [-0.1, -0.05) is 29.8 Å². The summed E-state index contributed by atoms with van der Waals surface area (Å²) in [5.74, 6) is -0.348. The second-order valence-corrected chi connectivity index (χ2v) is 10.0. The highest BCUT2D eigenvalue weighted by Crippen LogP contribution is 2.31. The Morgan fingerprint density at radius 2 is 1.63 bits per heavy atom. The summed E-state index contributed by atoms with van der Waals surface area (Å²) >= 11 is 0. The van der Waals surface area contributed by atoms with Crippen LogP contribution in [0.3, 0.4) is 0 Å². The lowest BCUT2D eigenvalue weighted by molar-refractivity contribution is 0.0698. The number of aryl methyl sites for hydroxylation is 1. The zero-order valence-electron chi connectivity index (χ0n) is 19.8. The van der Waals surface area contributed by atoms with E-state index in [-0.39, 0.29) is 16.1 Å². The minimum absolute atomic E-state index is 0.0334. The number of para-hydroxylation sites is 2. The predicted octanol–water partition coefficient (Wildman–Crippen LogP) is 4.22. The van der Waals surface area contributed by atoms with Gasteiger partial charge >= 0.3 is 5.97 Å². The molecule has 0 bridgehead atoms. The number of ether oxygens (including phenoxy) is 1. The molecular formula is C26H29N3O5S. The van der Waals surface area contributed by atoms with Crippen molar-refractivity contribution in [3.63, 3.8) is 0 Å². The Hall–Kier alpha value is -3.72. The average Bonchev–Trinajstić information content (AvgIpc) is 2.85. The summed E-state index contributed by atoms with van der Waals surface area (Å²) < 4.78 is 33.8. The van der Waals surface area contributed by atoms with E-state index in [2.05, 4.69) is 14.5 Å². The Kier molecular flexibility index (Phi) is 7.16. The number of carbonyl (C=O) groups is 1. The van der Waals surface area contributed by atoms with Crippen molar-refractivity contribution in [1.82, 2.24) is 0 Å². The molecule has 2 N–H and O–H groups in total. The molecule has 8 nitrogen and oxygen atoms in total. The number of piperazine rings is 1. The van der Waals surface area contributed by atoms with Gasteiger partial charge in [-0.15, -0.1) is 0 Å². The molecule has 0 amide bonds. The number of carboxylic acids is 1.